The van der Waals surface area contributed by atoms with Crippen LogP contribution in [0, 0.1) is 0 Å². The molecular weight excluding hydrogens is 204 g/mol. The molecule has 3 rings (SSSR count). The zero-order chi connectivity index (χ0) is 11.1. The Kier molecular flexibility index (Phi) is 1.97. The highest BCUT2D eigenvalue weighted by atomic mass is 16.3. The van der Waals surface area contributed by atoms with Crippen LogP contribution in [-0.4, -0.2) is 29.9 Å². The van der Waals surface area contributed by atoms with Crippen LogP contribution in [0.1, 0.15) is 10.6 Å². The van der Waals surface area contributed by atoms with Crippen molar-refractivity contribution in [3.63, 3.8) is 0 Å². The number of benzene rings is 1. The van der Waals surface area contributed by atoms with E-state index in [1.807, 2.05) is 24.3 Å². The van der Waals surface area contributed by atoms with Gasteiger partial charge in [0.1, 0.15) is 5.58 Å². The highest BCUT2D eigenvalue weighted by Gasteiger charge is 2.30. The van der Waals surface area contributed by atoms with E-state index in [-0.39, 0.29) is 11.9 Å². The van der Waals surface area contributed by atoms with Gasteiger partial charge in [0.05, 0.1) is 0 Å². The number of carbonyl (C=O) groups is 1. The maximum Gasteiger partial charge on any atom is 0.289 e. The molecule has 1 aromatic heterocycles. The van der Waals surface area contributed by atoms with Crippen molar-refractivity contribution in [2.45, 2.75) is 6.04 Å². The largest absolute Gasteiger partial charge is 0.451 e. The summed E-state index contributed by atoms with van der Waals surface area (Å²) in [5.41, 5.74) is 6.38. The molecule has 16 heavy (non-hydrogen) atoms. The van der Waals surface area contributed by atoms with Crippen molar-refractivity contribution in [3.8, 4) is 0 Å². The average molecular weight is 216 g/mol. The summed E-state index contributed by atoms with van der Waals surface area (Å²) in [6.07, 6.45) is 0. The third-order valence-corrected chi connectivity index (χ3v) is 2.83. The molecule has 2 heterocycles. The van der Waals surface area contributed by atoms with Crippen molar-refractivity contribution in [2.75, 3.05) is 13.1 Å². The number of fused-ring (bicyclic) bond motifs is 1. The van der Waals surface area contributed by atoms with Gasteiger partial charge in [-0.05, 0) is 12.1 Å². The lowest BCUT2D eigenvalue weighted by molar-refractivity contribution is 0.0578. The summed E-state index contributed by atoms with van der Waals surface area (Å²) >= 11 is 0. The van der Waals surface area contributed by atoms with Crippen LogP contribution in [0.2, 0.25) is 0 Å². The van der Waals surface area contributed by atoms with Crippen molar-refractivity contribution >= 4 is 16.9 Å². The highest BCUT2D eigenvalue weighted by molar-refractivity contribution is 5.96. The number of para-hydroxylation sites is 1. The van der Waals surface area contributed by atoms with E-state index >= 15 is 0 Å². The Morgan fingerprint density at radius 2 is 2.12 bits per heavy atom. The predicted molar refractivity (Wildman–Crippen MR) is 60.1 cm³/mol. The number of carbonyl (C=O) groups excluding carboxylic acids is 1. The normalized spacial score (nSPS) is 16.4. The zero-order valence-corrected chi connectivity index (χ0v) is 8.72. The van der Waals surface area contributed by atoms with Crippen molar-refractivity contribution in [1.29, 1.82) is 0 Å². The van der Waals surface area contributed by atoms with E-state index in [1.165, 1.54) is 0 Å². The number of nitrogens with zero attached hydrogens (tertiary/aromatic N) is 1. The summed E-state index contributed by atoms with van der Waals surface area (Å²) in [7, 11) is 0. The summed E-state index contributed by atoms with van der Waals surface area (Å²) in [5.74, 6) is 0.325. The molecule has 2 aromatic rings. The Balaban J connectivity index is 1.91. The van der Waals surface area contributed by atoms with Crippen LogP contribution in [0.4, 0.5) is 0 Å². The molecule has 1 aromatic carbocycles. The lowest BCUT2D eigenvalue weighted by Crippen LogP contribution is -2.57. The molecule has 1 aliphatic rings. The lowest BCUT2D eigenvalue weighted by atomic mass is 10.1. The summed E-state index contributed by atoms with van der Waals surface area (Å²) in [6, 6.07) is 9.49. The fraction of sp³-hybridized carbons (Fsp3) is 0.250. The molecule has 4 heteroatoms. The number of nitrogens with two attached hydrogens (primary N) is 1. The van der Waals surface area contributed by atoms with Crippen LogP contribution in [0.15, 0.2) is 34.7 Å². The summed E-state index contributed by atoms with van der Waals surface area (Å²) < 4.78 is 5.49. The number of hydrogen-bond acceptors (Lipinski definition) is 3. The fourth-order valence-electron chi connectivity index (χ4n) is 1.92. The first kappa shape index (κ1) is 9.42. The van der Waals surface area contributed by atoms with Gasteiger partial charge in [0.25, 0.3) is 5.91 Å². The van der Waals surface area contributed by atoms with Gasteiger partial charge in [-0.2, -0.15) is 0 Å². The summed E-state index contributed by atoms with van der Waals surface area (Å²) in [4.78, 5) is 13.6. The van der Waals surface area contributed by atoms with Crippen molar-refractivity contribution in [3.05, 3.63) is 36.1 Å². The van der Waals surface area contributed by atoms with E-state index in [1.54, 1.807) is 11.0 Å². The van der Waals surface area contributed by atoms with Gasteiger partial charge in [-0.15, -0.1) is 0 Å². The Labute approximate surface area is 92.6 Å². The predicted octanol–water partition coefficient (Wildman–Crippen LogP) is 1.22. The Hall–Kier alpha value is -1.81. The van der Waals surface area contributed by atoms with Gasteiger partial charge in [0.2, 0.25) is 0 Å². The zero-order valence-electron chi connectivity index (χ0n) is 8.72. The van der Waals surface area contributed by atoms with Gasteiger partial charge in [0, 0.05) is 24.5 Å². The van der Waals surface area contributed by atoms with Crippen LogP contribution in [0.3, 0.4) is 0 Å². The number of rotatable bonds is 1. The topological polar surface area (TPSA) is 59.5 Å². The van der Waals surface area contributed by atoms with Gasteiger partial charge in [-0.1, -0.05) is 18.2 Å². The van der Waals surface area contributed by atoms with E-state index < -0.39 is 0 Å². The minimum absolute atomic E-state index is 0.0714. The molecule has 4 nitrogen and oxygen atoms in total. The first-order valence-corrected chi connectivity index (χ1v) is 5.27. The highest BCUT2D eigenvalue weighted by Crippen LogP contribution is 2.21. The van der Waals surface area contributed by atoms with Crippen LogP contribution < -0.4 is 5.73 Å². The SMILES string of the molecule is NC1CN(C(=O)c2cc3ccccc3o2)C1. The second kappa shape index (κ2) is 3.35. The van der Waals surface area contributed by atoms with Crippen molar-refractivity contribution in [1.82, 2.24) is 4.90 Å². The summed E-state index contributed by atoms with van der Waals surface area (Å²) in [5, 5.41) is 0.954. The van der Waals surface area contributed by atoms with Crippen molar-refractivity contribution in [2.24, 2.45) is 5.73 Å². The maximum absolute atomic E-state index is 11.9. The standard InChI is InChI=1S/C12H12N2O2/c13-9-6-14(7-9)12(15)11-5-8-3-1-2-4-10(8)16-11/h1-5,9H,6-7,13H2. The molecular formula is C12H12N2O2. The lowest BCUT2D eigenvalue weighted by Gasteiger charge is -2.36. The number of likely N-dealkylation sites (tertiary alicyclic amines) is 1. The summed E-state index contributed by atoms with van der Waals surface area (Å²) in [6.45, 7) is 1.24. The third kappa shape index (κ3) is 1.39. The molecule has 0 aliphatic carbocycles. The van der Waals surface area contributed by atoms with Gasteiger partial charge in [-0.25, -0.2) is 0 Å². The van der Waals surface area contributed by atoms with Gasteiger partial charge >= 0.3 is 0 Å². The van der Waals surface area contributed by atoms with Crippen LogP contribution >= 0.6 is 0 Å². The number of hydrogen-bond donors (Lipinski definition) is 1. The van der Waals surface area contributed by atoms with Gasteiger partial charge in [0.15, 0.2) is 5.76 Å². The molecule has 2 N–H and O–H groups in total. The van der Waals surface area contributed by atoms with Crippen LogP contribution in [0.5, 0.6) is 0 Å². The maximum atomic E-state index is 11.9. The van der Waals surface area contributed by atoms with Crippen molar-refractivity contribution < 1.29 is 9.21 Å². The Morgan fingerprint density at radius 3 is 2.81 bits per heavy atom. The second-order valence-electron chi connectivity index (χ2n) is 4.12. The number of amides is 1. The van der Waals surface area contributed by atoms with Crippen LogP contribution in [-0.2, 0) is 0 Å². The minimum Gasteiger partial charge on any atom is -0.451 e. The molecule has 1 aliphatic heterocycles. The van der Waals surface area contributed by atoms with E-state index in [4.69, 9.17) is 10.2 Å². The molecule has 1 fully saturated rings. The van der Waals surface area contributed by atoms with Crippen LogP contribution in [0.25, 0.3) is 11.0 Å². The monoisotopic (exact) mass is 216 g/mol. The molecule has 0 bridgehead atoms. The Bertz CT molecular complexity index is 508. The van der Waals surface area contributed by atoms with Gasteiger partial charge in [-0.3, -0.25) is 4.79 Å². The first-order valence-electron chi connectivity index (χ1n) is 5.27. The molecule has 0 saturated carbocycles. The second-order valence-corrected chi connectivity index (χ2v) is 4.12. The van der Waals surface area contributed by atoms with E-state index in [9.17, 15) is 4.79 Å². The smallest absolute Gasteiger partial charge is 0.289 e. The molecule has 0 unspecified atom stereocenters. The van der Waals surface area contributed by atoms with E-state index in [2.05, 4.69) is 0 Å². The third-order valence-electron chi connectivity index (χ3n) is 2.83. The van der Waals surface area contributed by atoms with E-state index in [0.29, 0.717) is 18.8 Å². The quantitative estimate of drug-likeness (QED) is 0.779. The molecule has 0 atom stereocenters. The number of furan rings is 1. The molecule has 1 saturated heterocycles. The van der Waals surface area contributed by atoms with Gasteiger partial charge < -0.3 is 15.1 Å². The molecule has 82 valence electrons. The molecule has 0 spiro atoms. The molecule has 0 radical (unpaired) electrons. The average Bonchev–Trinajstić information content (AvgIpc) is 2.67. The Morgan fingerprint density at radius 1 is 1.38 bits per heavy atom. The minimum atomic E-state index is -0.0714. The first-order chi connectivity index (χ1) is 7.74. The molecule has 1 amide bonds. The fourth-order valence-corrected chi connectivity index (χ4v) is 1.92. The van der Waals surface area contributed by atoms with E-state index in [0.717, 1.165) is 11.0 Å².